The van der Waals surface area contributed by atoms with Crippen LogP contribution in [0.1, 0.15) is 23.6 Å². The number of halogens is 3. The second-order valence-electron chi connectivity index (χ2n) is 3.36. The lowest BCUT2D eigenvalue weighted by atomic mass is 10.1. The monoisotopic (exact) mass is 234 g/mol. The van der Waals surface area contributed by atoms with E-state index in [-0.39, 0.29) is 0 Å². The van der Waals surface area contributed by atoms with Gasteiger partial charge in [-0.3, -0.25) is 0 Å². The van der Waals surface area contributed by atoms with Crippen molar-refractivity contribution in [3.05, 3.63) is 28.8 Å². The highest BCUT2D eigenvalue weighted by atomic mass is 32.2. The minimum atomic E-state index is -4.25. The van der Waals surface area contributed by atoms with Crippen LogP contribution in [0.3, 0.4) is 0 Å². The number of hydrogen-bond donors (Lipinski definition) is 0. The van der Waals surface area contributed by atoms with Crippen LogP contribution in [-0.4, -0.2) is 5.75 Å². The first-order chi connectivity index (χ1) is 6.86. The van der Waals surface area contributed by atoms with Crippen LogP contribution in [-0.2, 0) is 6.18 Å². The molecule has 4 heteroatoms. The van der Waals surface area contributed by atoms with Gasteiger partial charge in [0, 0.05) is 4.90 Å². The van der Waals surface area contributed by atoms with Crippen LogP contribution in [0.2, 0.25) is 0 Å². The van der Waals surface area contributed by atoms with E-state index in [1.165, 1.54) is 17.8 Å². The Balaban J connectivity index is 3.28. The van der Waals surface area contributed by atoms with Gasteiger partial charge in [0.1, 0.15) is 0 Å². The number of rotatable bonds is 2. The van der Waals surface area contributed by atoms with Crippen molar-refractivity contribution in [2.75, 3.05) is 5.75 Å². The van der Waals surface area contributed by atoms with E-state index >= 15 is 0 Å². The molecule has 1 rings (SSSR count). The molecule has 84 valence electrons. The molecule has 0 bridgehead atoms. The maximum absolute atomic E-state index is 12.7. The lowest BCUT2D eigenvalue weighted by Gasteiger charge is -2.14. The molecule has 0 aliphatic rings. The Kier molecular flexibility index (Phi) is 3.71. The molecule has 0 spiro atoms. The smallest absolute Gasteiger partial charge is 0.166 e. The lowest BCUT2D eigenvalue weighted by molar-refractivity contribution is -0.139. The van der Waals surface area contributed by atoms with E-state index in [4.69, 9.17) is 0 Å². The molecule has 0 saturated carbocycles. The van der Waals surface area contributed by atoms with Gasteiger partial charge in [-0.15, -0.1) is 11.8 Å². The summed E-state index contributed by atoms with van der Waals surface area (Å²) in [7, 11) is 0. The van der Waals surface area contributed by atoms with Gasteiger partial charge in [0.05, 0.1) is 5.56 Å². The average molecular weight is 234 g/mol. The zero-order valence-electron chi connectivity index (χ0n) is 8.90. The van der Waals surface area contributed by atoms with Crippen molar-refractivity contribution in [1.82, 2.24) is 0 Å². The fraction of sp³-hybridized carbons (Fsp3) is 0.455. The second-order valence-corrected chi connectivity index (χ2v) is 4.67. The third kappa shape index (κ3) is 2.91. The van der Waals surface area contributed by atoms with Gasteiger partial charge in [0.25, 0.3) is 0 Å². The van der Waals surface area contributed by atoms with Crippen LogP contribution >= 0.6 is 11.8 Å². The first-order valence-corrected chi connectivity index (χ1v) is 5.66. The summed E-state index contributed by atoms with van der Waals surface area (Å²) < 4.78 is 38.0. The number of thioether (sulfide) groups is 1. The van der Waals surface area contributed by atoms with Gasteiger partial charge in [-0.25, -0.2) is 0 Å². The molecule has 0 aromatic heterocycles. The van der Waals surface area contributed by atoms with Crippen molar-refractivity contribution in [1.29, 1.82) is 0 Å². The summed E-state index contributed by atoms with van der Waals surface area (Å²) in [6, 6.07) is 2.85. The van der Waals surface area contributed by atoms with E-state index in [0.717, 1.165) is 5.56 Å². The fourth-order valence-electron chi connectivity index (χ4n) is 1.29. The molecule has 0 fully saturated rings. The summed E-state index contributed by atoms with van der Waals surface area (Å²) in [4.78, 5) is 0.327. The second kappa shape index (κ2) is 4.47. The molecule has 0 aliphatic carbocycles. The van der Waals surface area contributed by atoms with Crippen molar-refractivity contribution < 1.29 is 13.2 Å². The Hall–Kier alpha value is -0.640. The summed E-state index contributed by atoms with van der Waals surface area (Å²) >= 11 is 1.23. The topological polar surface area (TPSA) is 0 Å². The van der Waals surface area contributed by atoms with E-state index in [9.17, 15) is 13.2 Å². The number of aryl methyl sites for hydroxylation is 2. The van der Waals surface area contributed by atoms with E-state index < -0.39 is 11.7 Å². The molecule has 0 atom stereocenters. The largest absolute Gasteiger partial charge is 0.417 e. The molecule has 0 saturated heterocycles. The van der Waals surface area contributed by atoms with Crippen molar-refractivity contribution in [3.63, 3.8) is 0 Å². The van der Waals surface area contributed by atoms with Crippen LogP contribution in [0, 0.1) is 13.8 Å². The van der Waals surface area contributed by atoms with E-state index in [0.29, 0.717) is 16.2 Å². The highest BCUT2D eigenvalue weighted by Gasteiger charge is 2.33. The summed E-state index contributed by atoms with van der Waals surface area (Å²) in [6.45, 7) is 5.38. The van der Waals surface area contributed by atoms with Gasteiger partial charge in [0.15, 0.2) is 0 Å². The zero-order valence-corrected chi connectivity index (χ0v) is 9.72. The average Bonchev–Trinajstić information content (AvgIpc) is 2.09. The highest BCUT2D eigenvalue weighted by Crippen LogP contribution is 2.38. The molecule has 0 heterocycles. The molecule has 0 aliphatic heterocycles. The minimum Gasteiger partial charge on any atom is -0.166 e. The third-order valence-electron chi connectivity index (χ3n) is 2.20. The quantitative estimate of drug-likeness (QED) is 0.682. The molecule has 0 N–H and O–H groups in total. The normalized spacial score (nSPS) is 11.9. The Labute approximate surface area is 91.9 Å². The molecule has 1 aromatic carbocycles. The maximum Gasteiger partial charge on any atom is 0.417 e. The van der Waals surface area contributed by atoms with Crippen LogP contribution < -0.4 is 0 Å². The van der Waals surface area contributed by atoms with Crippen LogP contribution in [0.15, 0.2) is 17.0 Å². The van der Waals surface area contributed by atoms with Crippen molar-refractivity contribution in [2.45, 2.75) is 31.8 Å². The van der Waals surface area contributed by atoms with E-state index in [1.807, 2.05) is 13.8 Å². The van der Waals surface area contributed by atoms with Gasteiger partial charge < -0.3 is 0 Å². The number of alkyl halides is 3. The zero-order chi connectivity index (χ0) is 11.6. The molecule has 15 heavy (non-hydrogen) atoms. The maximum atomic E-state index is 12.7. The van der Waals surface area contributed by atoms with Gasteiger partial charge in [0.2, 0.25) is 0 Å². The Bertz CT molecular complexity index is 356. The highest BCUT2D eigenvalue weighted by molar-refractivity contribution is 7.99. The van der Waals surface area contributed by atoms with E-state index in [1.54, 1.807) is 13.0 Å². The SMILES string of the molecule is CCSc1cc(C)c(C)cc1C(F)(F)F. The summed E-state index contributed by atoms with van der Waals surface area (Å²) in [5, 5.41) is 0. The van der Waals surface area contributed by atoms with Crippen molar-refractivity contribution in [2.24, 2.45) is 0 Å². The Morgan fingerprint density at radius 3 is 2.13 bits per heavy atom. The third-order valence-corrected chi connectivity index (χ3v) is 3.14. The van der Waals surface area contributed by atoms with E-state index in [2.05, 4.69) is 0 Å². The molecule has 1 aromatic rings. The van der Waals surface area contributed by atoms with Crippen LogP contribution in [0.25, 0.3) is 0 Å². The predicted molar refractivity (Wildman–Crippen MR) is 57.3 cm³/mol. The number of benzene rings is 1. The molecular formula is C11H13F3S. The molecule has 0 radical (unpaired) electrons. The predicted octanol–water partition coefficient (Wildman–Crippen LogP) is 4.43. The molecule has 0 amide bonds. The van der Waals surface area contributed by atoms with Crippen LogP contribution in [0.5, 0.6) is 0 Å². The van der Waals surface area contributed by atoms with Crippen LogP contribution in [0.4, 0.5) is 13.2 Å². The first kappa shape index (κ1) is 12.4. The first-order valence-electron chi connectivity index (χ1n) is 4.67. The summed E-state index contributed by atoms with van der Waals surface area (Å²) in [6.07, 6.45) is -4.25. The molecule has 0 nitrogen and oxygen atoms in total. The summed E-state index contributed by atoms with van der Waals surface area (Å²) in [5.74, 6) is 0.644. The van der Waals surface area contributed by atoms with Crippen molar-refractivity contribution in [3.8, 4) is 0 Å². The van der Waals surface area contributed by atoms with Gasteiger partial charge >= 0.3 is 6.18 Å². The fourth-order valence-corrected chi connectivity index (χ4v) is 2.19. The van der Waals surface area contributed by atoms with Gasteiger partial charge in [-0.2, -0.15) is 13.2 Å². The number of hydrogen-bond acceptors (Lipinski definition) is 1. The Morgan fingerprint density at radius 1 is 1.13 bits per heavy atom. The van der Waals surface area contributed by atoms with Gasteiger partial charge in [-0.05, 0) is 42.9 Å². The summed E-state index contributed by atoms with van der Waals surface area (Å²) in [5.41, 5.74) is 1.07. The molecule has 0 unspecified atom stereocenters. The lowest BCUT2D eigenvalue weighted by Crippen LogP contribution is -2.08. The molecular weight excluding hydrogens is 221 g/mol. The minimum absolute atomic E-state index is 0.327. The van der Waals surface area contributed by atoms with Crippen molar-refractivity contribution >= 4 is 11.8 Å². The standard InChI is InChI=1S/C11H13F3S/c1-4-15-10-6-8(3)7(2)5-9(10)11(12,13)14/h5-6H,4H2,1-3H3. The Morgan fingerprint density at radius 2 is 1.67 bits per heavy atom. The van der Waals surface area contributed by atoms with Gasteiger partial charge in [-0.1, -0.05) is 6.92 Å².